The molecule has 0 unspecified atom stereocenters. The lowest BCUT2D eigenvalue weighted by molar-refractivity contribution is -0.384. The monoisotopic (exact) mass is 288 g/mol. The van der Waals surface area contributed by atoms with Crippen LogP contribution in [-0.2, 0) is 0 Å². The zero-order valence-corrected chi connectivity index (χ0v) is 11.2. The molecule has 0 radical (unpaired) electrons. The number of hydrogen-bond donors (Lipinski definition) is 1. The Balaban J connectivity index is 2.17. The average molecular weight is 288 g/mol. The SMILES string of the molecule is Cc1cccc(-c2nc(C3CC3)c(C(=O)O)o2)c1[N+](=O)[O-]. The third kappa shape index (κ3) is 2.26. The summed E-state index contributed by atoms with van der Waals surface area (Å²) in [6.07, 6.45) is 1.73. The van der Waals surface area contributed by atoms with Crippen molar-refractivity contribution in [3.63, 3.8) is 0 Å². The van der Waals surface area contributed by atoms with E-state index >= 15 is 0 Å². The minimum atomic E-state index is -1.20. The van der Waals surface area contributed by atoms with Gasteiger partial charge in [-0.15, -0.1) is 0 Å². The third-order valence-corrected chi connectivity index (χ3v) is 3.46. The summed E-state index contributed by atoms with van der Waals surface area (Å²) >= 11 is 0. The Hall–Kier alpha value is -2.70. The molecule has 3 rings (SSSR count). The van der Waals surface area contributed by atoms with Gasteiger partial charge in [0.1, 0.15) is 5.56 Å². The van der Waals surface area contributed by atoms with Crippen LogP contribution >= 0.6 is 0 Å². The van der Waals surface area contributed by atoms with E-state index in [9.17, 15) is 14.9 Å². The summed E-state index contributed by atoms with van der Waals surface area (Å²) in [5.41, 5.74) is 0.946. The molecular weight excluding hydrogens is 276 g/mol. The van der Waals surface area contributed by atoms with Gasteiger partial charge in [0.2, 0.25) is 11.7 Å². The highest BCUT2D eigenvalue weighted by atomic mass is 16.6. The van der Waals surface area contributed by atoms with Crippen LogP contribution in [0.1, 0.15) is 40.6 Å². The fourth-order valence-electron chi connectivity index (χ4n) is 2.31. The third-order valence-electron chi connectivity index (χ3n) is 3.46. The Morgan fingerprint density at radius 1 is 1.48 bits per heavy atom. The molecule has 0 saturated heterocycles. The van der Waals surface area contributed by atoms with Crippen LogP contribution < -0.4 is 0 Å². The normalized spacial score (nSPS) is 14.1. The second-order valence-electron chi connectivity index (χ2n) is 5.04. The van der Waals surface area contributed by atoms with Crippen molar-refractivity contribution in [1.82, 2.24) is 4.98 Å². The van der Waals surface area contributed by atoms with E-state index in [0.29, 0.717) is 11.3 Å². The number of oxazole rings is 1. The number of aromatic carboxylic acids is 1. The fraction of sp³-hybridized carbons (Fsp3) is 0.286. The van der Waals surface area contributed by atoms with Gasteiger partial charge in [-0.05, 0) is 25.8 Å². The van der Waals surface area contributed by atoms with Gasteiger partial charge in [0, 0.05) is 11.5 Å². The van der Waals surface area contributed by atoms with E-state index in [-0.39, 0.29) is 28.8 Å². The van der Waals surface area contributed by atoms with Crippen molar-refractivity contribution in [3.05, 3.63) is 45.3 Å². The molecule has 1 N–H and O–H groups in total. The first kappa shape index (κ1) is 13.3. The first-order valence-corrected chi connectivity index (χ1v) is 6.47. The number of hydrogen-bond acceptors (Lipinski definition) is 5. The molecule has 21 heavy (non-hydrogen) atoms. The van der Waals surface area contributed by atoms with Gasteiger partial charge in [-0.1, -0.05) is 12.1 Å². The van der Waals surface area contributed by atoms with Crippen LogP contribution in [0, 0.1) is 17.0 Å². The molecule has 0 aliphatic heterocycles. The molecular formula is C14H12N2O5. The molecule has 0 atom stereocenters. The van der Waals surface area contributed by atoms with Crippen LogP contribution in [-0.4, -0.2) is 21.0 Å². The van der Waals surface area contributed by atoms with Gasteiger partial charge in [0.15, 0.2) is 0 Å². The topological polar surface area (TPSA) is 106 Å². The van der Waals surface area contributed by atoms with Gasteiger partial charge in [-0.2, -0.15) is 0 Å². The highest BCUT2D eigenvalue weighted by Crippen LogP contribution is 2.43. The van der Waals surface area contributed by atoms with Crippen LogP contribution in [0.5, 0.6) is 0 Å². The summed E-state index contributed by atoms with van der Waals surface area (Å²) < 4.78 is 5.29. The molecule has 1 heterocycles. The molecule has 0 amide bonds. The van der Waals surface area contributed by atoms with Gasteiger partial charge >= 0.3 is 5.97 Å². The van der Waals surface area contributed by atoms with E-state index in [4.69, 9.17) is 9.52 Å². The first-order valence-electron chi connectivity index (χ1n) is 6.47. The molecule has 1 aromatic heterocycles. The molecule has 7 nitrogen and oxygen atoms in total. The maximum absolute atomic E-state index is 11.2. The van der Waals surface area contributed by atoms with Crippen LogP contribution in [0.3, 0.4) is 0 Å². The number of nitro benzene ring substituents is 1. The highest BCUT2D eigenvalue weighted by molar-refractivity contribution is 5.87. The number of rotatable bonds is 4. The molecule has 0 bridgehead atoms. The Morgan fingerprint density at radius 2 is 2.19 bits per heavy atom. The zero-order chi connectivity index (χ0) is 15.1. The smallest absolute Gasteiger partial charge is 0.373 e. The summed E-state index contributed by atoms with van der Waals surface area (Å²) in [6, 6.07) is 4.78. The number of aromatic nitrogens is 1. The van der Waals surface area contributed by atoms with Crippen LogP contribution in [0.4, 0.5) is 5.69 Å². The molecule has 2 aromatic rings. The molecule has 108 valence electrons. The van der Waals surface area contributed by atoms with Crippen LogP contribution in [0.2, 0.25) is 0 Å². The van der Waals surface area contributed by atoms with E-state index in [2.05, 4.69) is 4.98 Å². The minimum Gasteiger partial charge on any atom is -0.475 e. The molecule has 7 heteroatoms. The highest BCUT2D eigenvalue weighted by Gasteiger charge is 2.35. The molecule has 1 aliphatic rings. The van der Waals surface area contributed by atoms with Gasteiger partial charge < -0.3 is 9.52 Å². The predicted molar refractivity (Wildman–Crippen MR) is 72.3 cm³/mol. The molecule has 1 saturated carbocycles. The van der Waals surface area contributed by atoms with Gasteiger partial charge in [0.25, 0.3) is 5.69 Å². The summed E-state index contributed by atoms with van der Waals surface area (Å²) in [7, 11) is 0. The predicted octanol–water partition coefficient (Wildman–Crippen LogP) is 3.13. The number of nitrogens with zero attached hydrogens (tertiary/aromatic N) is 2. The van der Waals surface area contributed by atoms with Crippen molar-refractivity contribution < 1.29 is 19.2 Å². The standard InChI is InChI=1S/C14H12N2O5/c1-7-3-2-4-9(11(7)16(19)20)13-15-10(8-5-6-8)12(21-13)14(17)18/h2-4,8H,5-6H2,1H3,(H,17,18). The molecule has 1 fully saturated rings. The minimum absolute atomic E-state index is 0.00954. The van der Waals surface area contributed by atoms with Crippen LogP contribution in [0.25, 0.3) is 11.5 Å². The number of aryl methyl sites for hydroxylation is 1. The lowest BCUT2D eigenvalue weighted by Gasteiger charge is -2.01. The zero-order valence-electron chi connectivity index (χ0n) is 11.2. The van der Waals surface area contributed by atoms with Crippen molar-refractivity contribution in [2.24, 2.45) is 0 Å². The quantitative estimate of drug-likeness (QED) is 0.684. The van der Waals surface area contributed by atoms with Crippen molar-refractivity contribution in [1.29, 1.82) is 0 Å². The van der Waals surface area contributed by atoms with Crippen molar-refractivity contribution in [2.45, 2.75) is 25.7 Å². The number of nitro groups is 1. The second kappa shape index (κ2) is 4.69. The largest absolute Gasteiger partial charge is 0.475 e. The molecule has 1 aromatic carbocycles. The van der Waals surface area contributed by atoms with Crippen molar-refractivity contribution in [2.75, 3.05) is 0 Å². The Bertz CT molecular complexity index is 746. The maximum atomic E-state index is 11.2. The molecule has 0 spiro atoms. The molecule has 1 aliphatic carbocycles. The number of benzene rings is 1. The second-order valence-corrected chi connectivity index (χ2v) is 5.04. The summed E-state index contributed by atoms with van der Waals surface area (Å²) in [6.45, 7) is 1.62. The number of para-hydroxylation sites is 1. The summed E-state index contributed by atoms with van der Waals surface area (Å²) in [4.78, 5) is 26.1. The van der Waals surface area contributed by atoms with Gasteiger partial charge in [0.05, 0.1) is 10.6 Å². The number of carbonyl (C=O) groups is 1. The fourth-order valence-corrected chi connectivity index (χ4v) is 2.31. The lowest BCUT2D eigenvalue weighted by atomic mass is 10.1. The Labute approximate surface area is 119 Å². The van der Waals surface area contributed by atoms with Crippen molar-refractivity contribution in [3.8, 4) is 11.5 Å². The number of carboxylic acids is 1. The Morgan fingerprint density at radius 3 is 2.76 bits per heavy atom. The maximum Gasteiger partial charge on any atom is 0.373 e. The van der Waals surface area contributed by atoms with Crippen molar-refractivity contribution >= 4 is 11.7 Å². The van der Waals surface area contributed by atoms with E-state index in [1.54, 1.807) is 19.1 Å². The number of carboxylic acid groups (broad SMARTS) is 1. The Kier molecular flexibility index (Phi) is 2.97. The average Bonchev–Trinajstić information content (AvgIpc) is 3.16. The summed E-state index contributed by atoms with van der Waals surface area (Å²) in [5.74, 6) is -1.35. The van der Waals surface area contributed by atoms with E-state index in [1.807, 2.05) is 0 Å². The first-order chi connectivity index (χ1) is 9.99. The van der Waals surface area contributed by atoms with E-state index in [1.165, 1.54) is 6.07 Å². The van der Waals surface area contributed by atoms with E-state index in [0.717, 1.165) is 12.8 Å². The van der Waals surface area contributed by atoms with Crippen LogP contribution in [0.15, 0.2) is 22.6 Å². The van der Waals surface area contributed by atoms with E-state index < -0.39 is 10.9 Å². The van der Waals surface area contributed by atoms with Gasteiger partial charge in [-0.3, -0.25) is 10.1 Å². The summed E-state index contributed by atoms with van der Waals surface area (Å²) in [5, 5.41) is 20.4. The van der Waals surface area contributed by atoms with Gasteiger partial charge in [-0.25, -0.2) is 9.78 Å². The lowest BCUT2D eigenvalue weighted by Crippen LogP contribution is -1.98.